The summed E-state index contributed by atoms with van der Waals surface area (Å²) in [6.07, 6.45) is 5.27. The van der Waals surface area contributed by atoms with Crippen LogP contribution in [0.25, 0.3) is 0 Å². The molecule has 0 aliphatic heterocycles. The number of nitrogens with zero attached hydrogens (tertiary/aromatic N) is 2. The lowest BCUT2D eigenvalue weighted by atomic mass is 10.0. The Kier molecular flexibility index (Phi) is 5.76. The summed E-state index contributed by atoms with van der Waals surface area (Å²) in [6.45, 7) is 5.85. The van der Waals surface area contributed by atoms with Gasteiger partial charge in [0.2, 0.25) is 0 Å². The minimum absolute atomic E-state index is 0.0500. The van der Waals surface area contributed by atoms with E-state index in [9.17, 15) is 4.39 Å². The first-order valence-electron chi connectivity index (χ1n) is 7.34. The van der Waals surface area contributed by atoms with Gasteiger partial charge in [-0.3, -0.25) is 0 Å². The Morgan fingerprint density at radius 3 is 2.86 bits per heavy atom. The Bertz CT molecular complexity index is 562. The molecule has 1 atom stereocenters. The molecule has 1 N–H and O–H groups in total. The first-order chi connectivity index (χ1) is 10.2. The third-order valence-electron chi connectivity index (χ3n) is 3.44. The maximum atomic E-state index is 14.0. The Hall–Kier alpha value is -1.39. The van der Waals surface area contributed by atoms with Crippen molar-refractivity contribution in [1.82, 2.24) is 14.9 Å². The van der Waals surface area contributed by atoms with Crippen LogP contribution in [0.15, 0.2) is 30.6 Å². The molecule has 0 bridgehead atoms. The largest absolute Gasteiger partial charge is 0.334 e. The Balaban J connectivity index is 2.29. The fourth-order valence-electron chi connectivity index (χ4n) is 2.49. The zero-order valence-corrected chi connectivity index (χ0v) is 13.2. The molecule has 0 saturated heterocycles. The van der Waals surface area contributed by atoms with Crippen molar-refractivity contribution in [3.63, 3.8) is 0 Å². The van der Waals surface area contributed by atoms with Gasteiger partial charge in [-0.25, -0.2) is 9.37 Å². The van der Waals surface area contributed by atoms with E-state index in [1.165, 1.54) is 6.07 Å². The van der Waals surface area contributed by atoms with Crippen LogP contribution in [0.1, 0.15) is 37.7 Å². The predicted octanol–water partition coefficient (Wildman–Crippen LogP) is 3.98. The number of imidazole rings is 1. The molecule has 114 valence electrons. The van der Waals surface area contributed by atoms with Gasteiger partial charge in [0.25, 0.3) is 0 Å². The first kappa shape index (κ1) is 16.0. The van der Waals surface area contributed by atoms with Gasteiger partial charge in [-0.2, -0.15) is 0 Å². The van der Waals surface area contributed by atoms with Crippen molar-refractivity contribution in [2.45, 2.75) is 39.3 Å². The molecule has 0 radical (unpaired) electrons. The van der Waals surface area contributed by atoms with Crippen molar-refractivity contribution in [2.75, 3.05) is 6.54 Å². The summed E-state index contributed by atoms with van der Waals surface area (Å²) in [5.74, 6) is 0.664. The highest BCUT2D eigenvalue weighted by Crippen LogP contribution is 2.25. The molecular formula is C16H21ClFN3. The highest BCUT2D eigenvalue weighted by atomic mass is 35.5. The van der Waals surface area contributed by atoms with Crippen LogP contribution in [-0.4, -0.2) is 16.1 Å². The van der Waals surface area contributed by atoms with Gasteiger partial charge < -0.3 is 9.88 Å². The number of benzene rings is 1. The van der Waals surface area contributed by atoms with E-state index in [1.54, 1.807) is 18.3 Å². The van der Waals surface area contributed by atoms with Crippen LogP contribution in [-0.2, 0) is 13.0 Å². The normalized spacial score (nSPS) is 12.6. The summed E-state index contributed by atoms with van der Waals surface area (Å²) >= 11 is 6.14. The van der Waals surface area contributed by atoms with Crippen molar-refractivity contribution in [1.29, 1.82) is 0 Å². The van der Waals surface area contributed by atoms with Gasteiger partial charge >= 0.3 is 0 Å². The van der Waals surface area contributed by atoms with Gasteiger partial charge in [-0.1, -0.05) is 31.5 Å². The lowest BCUT2D eigenvalue weighted by molar-refractivity contribution is 0.478. The zero-order chi connectivity index (χ0) is 15.2. The summed E-state index contributed by atoms with van der Waals surface area (Å²) in [5.41, 5.74) is 0.538. The van der Waals surface area contributed by atoms with Crippen LogP contribution >= 0.6 is 11.6 Å². The van der Waals surface area contributed by atoms with Crippen molar-refractivity contribution >= 4 is 11.6 Å². The van der Waals surface area contributed by atoms with E-state index in [2.05, 4.69) is 21.8 Å². The number of nitrogens with one attached hydrogen (secondary N) is 1. The monoisotopic (exact) mass is 309 g/mol. The van der Waals surface area contributed by atoms with Crippen molar-refractivity contribution in [2.24, 2.45) is 0 Å². The third kappa shape index (κ3) is 3.83. The third-order valence-corrected chi connectivity index (χ3v) is 3.80. The molecule has 2 rings (SSSR count). The second kappa shape index (κ2) is 7.57. The average molecular weight is 310 g/mol. The fourth-order valence-corrected chi connectivity index (χ4v) is 2.73. The average Bonchev–Trinajstić information content (AvgIpc) is 2.90. The fraction of sp³-hybridized carbons (Fsp3) is 0.438. The topological polar surface area (TPSA) is 29.9 Å². The number of aromatic nitrogens is 2. The molecule has 21 heavy (non-hydrogen) atoms. The molecular weight excluding hydrogens is 289 g/mol. The van der Waals surface area contributed by atoms with Crippen LogP contribution in [0, 0.1) is 5.82 Å². The van der Waals surface area contributed by atoms with E-state index in [0.717, 1.165) is 25.3 Å². The molecule has 5 heteroatoms. The molecule has 0 saturated carbocycles. The van der Waals surface area contributed by atoms with Gasteiger partial charge in [-0.15, -0.1) is 0 Å². The SMILES string of the molecule is CCCn1ccnc1C(Cc1c(F)cccc1Cl)NCC. The van der Waals surface area contributed by atoms with Gasteiger partial charge in [0.1, 0.15) is 11.6 Å². The second-order valence-electron chi connectivity index (χ2n) is 4.99. The summed E-state index contributed by atoms with van der Waals surface area (Å²) in [6, 6.07) is 4.75. The number of aryl methyl sites for hydroxylation is 1. The molecule has 0 amide bonds. The molecule has 0 fully saturated rings. The van der Waals surface area contributed by atoms with Crippen LogP contribution in [0.3, 0.4) is 0 Å². The Morgan fingerprint density at radius 1 is 1.38 bits per heavy atom. The van der Waals surface area contributed by atoms with Crippen LogP contribution in [0.4, 0.5) is 4.39 Å². The van der Waals surface area contributed by atoms with Crippen molar-refractivity contribution < 1.29 is 4.39 Å². The number of rotatable bonds is 7. The van der Waals surface area contributed by atoms with Crippen LogP contribution in [0.5, 0.6) is 0 Å². The van der Waals surface area contributed by atoms with Gasteiger partial charge in [0, 0.05) is 29.5 Å². The van der Waals surface area contributed by atoms with E-state index in [0.29, 0.717) is 17.0 Å². The summed E-state index contributed by atoms with van der Waals surface area (Å²) in [4.78, 5) is 4.44. The van der Waals surface area contributed by atoms with Crippen LogP contribution < -0.4 is 5.32 Å². The van der Waals surface area contributed by atoms with E-state index >= 15 is 0 Å². The van der Waals surface area contributed by atoms with Gasteiger partial charge in [0.05, 0.1) is 6.04 Å². The smallest absolute Gasteiger partial charge is 0.127 e. The standard InChI is InChI=1S/C16H21ClFN3/c1-3-9-21-10-8-20-16(21)15(19-4-2)11-12-13(17)6-5-7-14(12)18/h5-8,10,15,19H,3-4,9,11H2,1-2H3. The summed E-state index contributed by atoms with van der Waals surface area (Å²) in [5, 5.41) is 3.84. The quantitative estimate of drug-likeness (QED) is 0.838. The highest BCUT2D eigenvalue weighted by Gasteiger charge is 2.19. The maximum absolute atomic E-state index is 14.0. The number of halogens is 2. The number of likely N-dealkylation sites (N-methyl/N-ethyl adjacent to an activating group) is 1. The molecule has 1 aromatic heterocycles. The van der Waals surface area contributed by atoms with E-state index in [1.807, 2.05) is 13.1 Å². The van der Waals surface area contributed by atoms with Gasteiger partial charge in [0.15, 0.2) is 0 Å². The molecule has 1 unspecified atom stereocenters. The zero-order valence-electron chi connectivity index (χ0n) is 12.4. The first-order valence-corrected chi connectivity index (χ1v) is 7.72. The summed E-state index contributed by atoms with van der Waals surface area (Å²) < 4.78 is 16.1. The maximum Gasteiger partial charge on any atom is 0.127 e. The minimum atomic E-state index is -0.265. The lowest BCUT2D eigenvalue weighted by Gasteiger charge is -2.20. The van der Waals surface area contributed by atoms with E-state index < -0.39 is 0 Å². The van der Waals surface area contributed by atoms with E-state index in [-0.39, 0.29) is 11.9 Å². The van der Waals surface area contributed by atoms with Gasteiger partial charge in [-0.05, 0) is 31.5 Å². The molecule has 0 aliphatic carbocycles. The highest BCUT2D eigenvalue weighted by molar-refractivity contribution is 6.31. The van der Waals surface area contributed by atoms with E-state index in [4.69, 9.17) is 11.6 Å². The molecule has 0 aliphatic rings. The van der Waals surface area contributed by atoms with Crippen LogP contribution in [0.2, 0.25) is 5.02 Å². The summed E-state index contributed by atoms with van der Waals surface area (Å²) in [7, 11) is 0. The molecule has 1 heterocycles. The van der Waals surface area contributed by atoms with Crippen molar-refractivity contribution in [3.05, 3.63) is 52.8 Å². The Labute approximate surface area is 130 Å². The molecule has 3 nitrogen and oxygen atoms in total. The van der Waals surface area contributed by atoms with Crippen molar-refractivity contribution in [3.8, 4) is 0 Å². The number of hydrogen-bond donors (Lipinski definition) is 1. The minimum Gasteiger partial charge on any atom is -0.334 e. The lowest BCUT2D eigenvalue weighted by Crippen LogP contribution is -2.26. The predicted molar refractivity (Wildman–Crippen MR) is 84.0 cm³/mol. The Morgan fingerprint density at radius 2 is 2.19 bits per heavy atom. The second-order valence-corrected chi connectivity index (χ2v) is 5.40. The molecule has 0 spiro atoms. The molecule has 2 aromatic rings. The number of hydrogen-bond acceptors (Lipinski definition) is 2. The molecule has 1 aromatic carbocycles.